The number of benzene rings is 2. The van der Waals surface area contributed by atoms with Gasteiger partial charge in [-0.05, 0) is 29.8 Å². The number of para-hydroxylation sites is 1. The summed E-state index contributed by atoms with van der Waals surface area (Å²) in [5, 5.41) is 1.06. The minimum Gasteiger partial charge on any atom is -0.497 e. The molecule has 0 radical (unpaired) electrons. The molecule has 0 aliphatic carbocycles. The molecule has 3 aromatic rings. The monoisotopic (exact) mass is 280 g/mol. The molecule has 0 unspecified atom stereocenters. The van der Waals surface area contributed by atoms with Gasteiger partial charge in [0.25, 0.3) is 0 Å². The first kappa shape index (κ1) is 13.2. The third kappa shape index (κ3) is 2.89. The van der Waals surface area contributed by atoms with Crippen LogP contribution >= 0.6 is 0 Å². The molecule has 0 aliphatic rings. The number of nitrogens with zero attached hydrogens (tertiary/aromatic N) is 1. The van der Waals surface area contributed by atoms with Gasteiger partial charge in [0, 0.05) is 23.3 Å². The van der Waals surface area contributed by atoms with E-state index in [9.17, 15) is 0 Å². The Morgan fingerprint density at radius 1 is 1.10 bits per heavy atom. The van der Waals surface area contributed by atoms with Gasteiger partial charge in [-0.15, -0.1) is 0 Å². The Morgan fingerprint density at radius 2 is 1.95 bits per heavy atom. The molecular weight excluding hydrogens is 264 g/mol. The van der Waals surface area contributed by atoms with Crippen LogP contribution in [0.4, 0.5) is 5.69 Å². The van der Waals surface area contributed by atoms with Crippen LogP contribution in [0.15, 0.2) is 54.7 Å². The lowest BCUT2D eigenvalue weighted by Crippen LogP contribution is -1.99. The van der Waals surface area contributed by atoms with Gasteiger partial charge >= 0.3 is 0 Å². The van der Waals surface area contributed by atoms with Gasteiger partial charge in [-0.25, -0.2) is 0 Å². The third-order valence-electron chi connectivity index (χ3n) is 3.21. The number of fused-ring (bicyclic) bond motifs is 1. The van der Waals surface area contributed by atoms with Gasteiger partial charge in [0.2, 0.25) is 0 Å². The highest BCUT2D eigenvalue weighted by Crippen LogP contribution is 2.25. The lowest BCUT2D eigenvalue weighted by atomic mass is 10.2. The second-order valence-electron chi connectivity index (χ2n) is 4.73. The fraction of sp³-hybridized carbons (Fsp3) is 0.118. The summed E-state index contributed by atoms with van der Waals surface area (Å²) in [7, 11) is 1.62. The van der Waals surface area contributed by atoms with E-state index in [-0.39, 0.29) is 0 Å². The van der Waals surface area contributed by atoms with Crippen molar-refractivity contribution >= 4 is 16.6 Å². The summed E-state index contributed by atoms with van der Waals surface area (Å²) in [5.41, 5.74) is 8.32. The molecule has 1 heterocycles. The van der Waals surface area contributed by atoms with Crippen molar-refractivity contribution in [1.82, 2.24) is 4.98 Å². The molecule has 106 valence electrons. The van der Waals surface area contributed by atoms with Crippen molar-refractivity contribution < 1.29 is 9.47 Å². The standard InChI is InChI=1S/C17H16N2O2/c1-20-15-9-12(8-14(18)10-15)11-21-16-6-2-4-13-5-3-7-19-17(13)16/h2-10H,11,18H2,1H3. The van der Waals surface area contributed by atoms with E-state index in [1.165, 1.54) is 0 Å². The first-order chi connectivity index (χ1) is 10.3. The number of pyridine rings is 1. The van der Waals surface area contributed by atoms with Crippen LogP contribution in [0.1, 0.15) is 5.56 Å². The van der Waals surface area contributed by atoms with Crippen molar-refractivity contribution in [3.8, 4) is 11.5 Å². The molecule has 2 N–H and O–H groups in total. The Balaban J connectivity index is 1.85. The molecule has 0 fully saturated rings. The van der Waals surface area contributed by atoms with Crippen molar-refractivity contribution in [2.75, 3.05) is 12.8 Å². The summed E-state index contributed by atoms with van der Waals surface area (Å²) in [6.07, 6.45) is 1.76. The molecule has 4 nitrogen and oxygen atoms in total. The maximum absolute atomic E-state index is 5.89. The molecule has 0 atom stereocenters. The maximum Gasteiger partial charge on any atom is 0.146 e. The Morgan fingerprint density at radius 3 is 2.81 bits per heavy atom. The SMILES string of the molecule is COc1cc(N)cc(COc2cccc3cccnc23)c1. The van der Waals surface area contributed by atoms with Crippen LogP contribution in [-0.2, 0) is 6.61 Å². The average molecular weight is 280 g/mol. The number of rotatable bonds is 4. The summed E-state index contributed by atoms with van der Waals surface area (Å²) in [5.74, 6) is 1.49. The van der Waals surface area contributed by atoms with Gasteiger partial charge in [-0.3, -0.25) is 4.98 Å². The van der Waals surface area contributed by atoms with Crippen LogP contribution < -0.4 is 15.2 Å². The molecule has 21 heavy (non-hydrogen) atoms. The molecule has 0 spiro atoms. The molecular formula is C17H16N2O2. The van der Waals surface area contributed by atoms with Crippen LogP contribution in [0.5, 0.6) is 11.5 Å². The Hall–Kier alpha value is -2.75. The number of nitrogens with two attached hydrogens (primary N) is 1. The van der Waals surface area contributed by atoms with Gasteiger partial charge < -0.3 is 15.2 Å². The highest BCUT2D eigenvalue weighted by molar-refractivity contribution is 5.84. The summed E-state index contributed by atoms with van der Waals surface area (Å²) in [6.45, 7) is 0.414. The zero-order chi connectivity index (χ0) is 14.7. The summed E-state index contributed by atoms with van der Waals surface area (Å²) in [6, 6.07) is 15.4. The average Bonchev–Trinajstić information content (AvgIpc) is 2.52. The van der Waals surface area contributed by atoms with E-state index in [0.717, 1.165) is 28.0 Å². The van der Waals surface area contributed by atoms with Crippen molar-refractivity contribution in [3.05, 3.63) is 60.3 Å². The molecule has 2 aromatic carbocycles. The Labute approximate surface area is 123 Å². The van der Waals surface area contributed by atoms with E-state index < -0.39 is 0 Å². The number of aromatic nitrogens is 1. The van der Waals surface area contributed by atoms with E-state index in [1.54, 1.807) is 19.4 Å². The van der Waals surface area contributed by atoms with Crippen molar-refractivity contribution in [3.63, 3.8) is 0 Å². The van der Waals surface area contributed by atoms with Gasteiger partial charge in [0.05, 0.1) is 7.11 Å². The lowest BCUT2D eigenvalue weighted by molar-refractivity contribution is 0.308. The zero-order valence-electron chi connectivity index (χ0n) is 11.7. The fourth-order valence-corrected chi connectivity index (χ4v) is 2.24. The van der Waals surface area contributed by atoms with Gasteiger partial charge in [-0.2, -0.15) is 0 Å². The number of hydrogen-bond acceptors (Lipinski definition) is 4. The molecule has 0 bridgehead atoms. The van der Waals surface area contributed by atoms with E-state index >= 15 is 0 Å². The van der Waals surface area contributed by atoms with Crippen LogP contribution in [0.2, 0.25) is 0 Å². The minimum atomic E-state index is 0.414. The van der Waals surface area contributed by atoms with E-state index in [1.807, 2.05) is 42.5 Å². The molecule has 4 heteroatoms. The van der Waals surface area contributed by atoms with Crippen molar-refractivity contribution in [2.45, 2.75) is 6.61 Å². The minimum absolute atomic E-state index is 0.414. The predicted octanol–water partition coefficient (Wildman–Crippen LogP) is 3.40. The normalized spacial score (nSPS) is 10.5. The topological polar surface area (TPSA) is 57.4 Å². The molecule has 1 aromatic heterocycles. The summed E-state index contributed by atoms with van der Waals surface area (Å²) < 4.78 is 11.1. The van der Waals surface area contributed by atoms with Crippen molar-refractivity contribution in [2.24, 2.45) is 0 Å². The first-order valence-corrected chi connectivity index (χ1v) is 6.66. The fourth-order valence-electron chi connectivity index (χ4n) is 2.24. The number of nitrogen functional groups attached to an aromatic ring is 1. The lowest BCUT2D eigenvalue weighted by Gasteiger charge is -2.10. The molecule has 3 rings (SSSR count). The zero-order valence-corrected chi connectivity index (χ0v) is 11.7. The van der Waals surface area contributed by atoms with Crippen LogP contribution in [0.3, 0.4) is 0 Å². The summed E-state index contributed by atoms with van der Waals surface area (Å²) in [4.78, 5) is 4.37. The summed E-state index contributed by atoms with van der Waals surface area (Å²) >= 11 is 0. The highest BCUT2D eigenvalue weighted by atomic mass is 16.5. The molecule has 0 amide bonds. The van der Waals surface area contributed by atoms with E-state index in [4.69, 9.17) is 15.2 Å². The van der Waals surface area contributed by atoms with E-state index in [0.29, 0.717) is 12.3 Å². The third-order valence-corrected chi connectivity index (χ3v) is 3.21. The van der Waals surface area contributed by atoms with Gasteiger partial charge in [0.1, 0.15) is 23.6 Å². The molecule has 0 saturated heterocycles. The Kier molecular flexibility index (Phi) is 3.60. The quantitative estimate of drug-likeness (QED) is 0.744. The molecule has 0 saturated carbocycles. The van der Waals surface area contributed by atoms with Gasteiger partial charge in [0.15, 0.2) is 0 Å². The van der Waals surface area contributed by atoms with E-state index in [2.05, 4.69) is 4.98 Å². The van der Waals surface area contributed by atoms with Crippen molar-refractivity contribution in [1.29, 1.82) is 0 Å². The second kappa shape index (κ2) is 5.71. The number of anilines is 1. The molecule has 0 aliphatic heterocycles. The number of hydrogen-bond donors (Lipinski definition) is 1. The van der Waals surface area contributed by atoms with Crippen LogP contribution in [0.25, 0.3) is 10.9 Å². The number of ether oxygens (including phenoxy) is 2. The largest absolute Gasteiger partial charge is 0.497 e. The maximum atomic E-state index is 5.89. The second-order valence-corrected chi connectivity index (χ2v) is 4.73. The number of methoxy groups -OCH3 is 1. The smallest absolute Gasteiger partial charge is 0.146 e. The predicted molar refractivity (Wildman–Crippen MR) is 83.5 cm³/mol. The van der Waals surface area contributed by atoms with Gasteiger partial charge in [-0.1, -0.05) is 18.2 Å². The first-order valence-electron chi connectivity index (χ1n) is 6.66. The van der Waals surface area contributed by atoms with Crippen LogP contribution in [0, 0.1) is 0 Å². The highest BCUT2D eigenvalue weighted by Gasteiger charge is 2.04. The Bertz CT molecular complexity index is 766. The van der Waals surface area contributed by atoms with Crippen LogP contribution in [-0.4, -0.2) is 12.1 Å².